The van der Waals surface area contributed by atoms with E-state index in [0.717, 1.165) is 37.0 Å². The van der Waals surface area contributed by atoms with E-state index in [1.165, 1.54) is 0 Å². The van der Waals surface area contributed by atoms with E-state index in [1.807, 2.05) is 24.3 Å². The molecule has 1 aromatic carbocycles. The molecular weight excluding hydrogens is 264 g/mol. The number of carbonyl (C=O) groups is 1. The zero-order chi connectivity index (χ0) is 13.0. The lowest BCUT2D eigenvalue weighted by Gasteiger charge is -2.31. The Morgan fingerprint density at radius 2 is 1.89 bits per heavy atom. The highest BCUT2D eigenvalue weighted by molar-refractivity contribution is 5.85. The van der Waals surface area contributed by atoms with Gasteiger partial charge in [0.25, 0.3) is 0 Å². The molecule has 1 aliphatic rings. The molecule has 1 saturated carbocycles. The van der Waals surface area contributed by atoms with E-state index in [2.05, 4.69) is 5.32 Å². The highest BCUT2D eigenvalue weighted by Crippen LogP contribution is 2.39. The molecule has 0 saturated heterocycles. The van der Waals surface area contributed by atoms with E-state index in [0.29, 0.717) is 0 Å². The first-order valence-corrected chi connectivity index (χ1v) is 6.36. The fourth-order valence-electron chi connectivity index (χ4n) is 2.69. The van der Waals surface area contributed by atoms with E-state index in [1.54, 1.807) is 7.11 Å². The van der Waals surface area contributed by atoms with Gasteiger partial charge >= 0.3 is 0 Å². The Hall–Kier alpha value is -1.26. The number of hydrogen-bond acceptors (Lipinski definition) is 3. The molecule has 5 heteroatoms. The normalized spacial score (nSPS) is 16.5. The Kier molecular flexibility index (Phi) is 5.63. The predicted octanol–water partition coefficient (Wildman–Crippen LogP) is 1.96. The summed E-state index contributed by atoms with van der Waals surface area (Å²) in [5.41, 5.74) is 6.31. The molecule has 1 aliphatic carbocycles. The van der Waals surface area contributed by atoms with Crippen molar-refractivity contribution in [1.29, 1.82) is 0 Å². The number of ether oxygens (including phenoxy) is 1. The van der Waals surface area contributed by atoms with Crippen LogP contribution in [0.25, 0.3) is 0 Å². The monoisotopic (exact) mass is 284 g/mol. The third-order valence-corrected chi connectivity index (χ3v) is 3.66. The second kappa shape index (κ2) is 6.78. The van der Waals surface area contributed by atoms with Crippen LogP contribution in [0.4, 0.5) is 0 Å². The lowest BCUT2D eigenvalue weighted by molar-refractivity contribution is -0.121. The number of nitrogens with two attached hydrogens (primary N) is 1. The topological polar surface area (TPSA) is 64.3 Å². The Bertz CT molecular complexity index is 414. The van der Waals surface area contributed by atoms with Crippen LogP contribution in [-0.4, -0.2) is 19.6 Å². The van der Waals surface area contributed by atoms with E-state index in [9.17, 15) is 4.79 Å². The van der Waals surface area contributed by atoms with Gasteiger partial charge in [0.05, 0.1) is 19.2 Å². The fourth-order valence-corrected chi connectivity index (χ4v) is 2.69. The van der Waals surface area contributed by atoms with Crippen LogP contribution in [-0.2, 0) is 10.3 Å². The second-order valence-electron chi connectivity index (χ2n) is 4.77. The first-order chi connectivity index (χ1) is 8.70. The van der Waals surface area contributed by atoms with Crippen LogP contribution in [0.2, 0.25) is 0 Å². The van der Waals surface area contributed by atoms with Crippen molar-refractivity contribution in [1.82, 2.24) is 5.32 Å². The van der Waals surface area contributed by atoms with Crippen molar-refractivity contribution < 1.29 is 9.53 Å². The van der Waals surface area contributed by atoms with Gasteiger partial charge < -0.3 is 15.8 Å². The molecule has 2 rings (SSSR count). The van der Waals surface area contributed by atoms with Gasteiger partial charge in [-0.1, -0.05) is 25.0 Å². The molecule has 106 valence electrons. The molecule has 0 bridgehead atoms. The van der Waals surface area contributed by atoms with Crippen LogP contribution < -0.4 is 15.8 Å². The fraction of sp³-hybridized carbons (Fsp3) is 0.500. The summed E-state index contributed by atoms with van der Waals surface area (Å²) in [5.74, 6) is 0.741. The summed E-state index contributed by atoms with van der Waals surface area (Å²) < 4.78 is 5.16. The zero-order valence-corrected chi connectivity index (χ0v) is 12.0. The molecule has 0 unspecified atom stereocenters. The van der Waals surface area contributed by atoms with E-state index < -0.39 is 0 Å². The highest BCUT2D eigenvalue weighted by Gasteiger charge is 2.36. The van der Waals surface area contributed by atoms with E-state index in [4.69, 9.17) is 10.5 Å². The number of carbonyl (C=O) groups excluding carboxylic acids is 1. The number of halogens is 1. The van der Waals surface area contributed by atoms with Crippen molar-refractivity contribution >= 4 is 18.3 Å². The highest BCUT2D eigenvalue weighted by atomic mass is 35.5. The predicted molar refractivity (Wildman–Crippen MR) is 77.6 cm³/mol. The second-order valence-corrected chi connectivity index (χ2v) is 4.77. The Morgan fingerprint density at radius 3 is 2.37 bits per heavy atom. The Balaban J connectivity index is 0.00000180. The number of hydrogen-bond donors (Lipinski definition) is 2. The molecule has 3 N–H and O–H groups in total. The van der Waals surface area contributed by atoms with Crippen LogP contribution in [0.3, 0.4) is 0 Å². The zero-order valence-electron chi connectivity index (χ0n) is 11.1. The third kappa shape index (κ3) is 3.39. The maximum Gasteiger partial charge on any atom is 0.234 e. The first-order valence-electron chi connectivity index (χ1n) is 6.36. The summed E-state index contributed by atoms with van der Waals surface area (Å²) in [6.07, 6.45) is 4.23. The van der Waals surface area contributed by atoms with Gasteiger partial charge in [-0.2, -0.15) is 0 Å². The maximum absolute atomic E-state index is 11.6. The minimum Gasteiger partial charge on any atom is -0.497 e. The van der Waals surface area contributed by atoms with Gasteiger partial charge in [0.1, 0.15) is 5.75 Å². The van der Waals surface area contributed by atoms with Gasteiger partial charge in [-0.3, -0.25) is 4.79 Å². The SMILES string of the molecule is COc1ccc(C2(NC(=O)CN)CCCC2)cc1.Cl. The molecule has 19 heavy (non-hydrogen) atoms. The maximum atomic E-state index is 11.6. The summed E-state index contributed by atoms with van der Waals surface area (Å²) in [6, 6.07) is 7.93. The molecule has 0 spiro atoms. The van der Waals surface area contributed by atoms with Gasteiger partial charge in [-0.25, -0.2) is 0 Å². The number of amides is 1. The third-order valence-electron chi connectivity index (χ3n) is 3.66. The van der Waals surface area contributed by atoms with Crippen LogP contribution in [0.5, 0.6) is 5.75 Å². The molecule has 1 aromatic rings. The Labute approximate surface area is 120 Å². The molecule has 0 radical (unpaired) electrons. The first kappa shape index (κ1) is 15.8. The lowest BCUT2D eigenvalue weighted by atomic mass is 9.88. The number of methoxy groups -OCH3 is 1. The van der Waals surface area contributed by atoms with Crippen molar-refractivity contribution in [3.8, 4) is 5.75 Å². The smallest absolute Gasteiger partial charge is 0.234 e. The summed E-state index contributed by atoms with van der Waals surface area (Å²) >= 11 is 0. The minimum absolute atomic E-state index is 0. The van der Waals surface area contributed by atoms with Gasteiger partial charge in [0, 0.05) is 0 Å². The molecule has 0 aromatic heterocycles. The van der Waals surface area contributed by atoms with Crippen molar-refractivity contribution in [3.63, 3.8) is 0 Å². The van der Waals surface area contributed by atoms with Gasteiger partial charge in [-0.05, 0) is 30.5 Å². The number of benzene rings is 1. The quantitative estimate of drug-likeness (QED) is 0.888. The van der Waals surface area contributed by atoms with Gasteiger partial charge in [0.2, 0.25) is 5.91 Å². The van der Waals surface area contributed by atoms with E-state index in [-0.39, 0.29) is 30.4 Å². The average molecular weight is 285 g/mol. The van der Waals surface area contributed by atoms with Crippen LogP contribution in [0.15, 0.2) is 24.3 Å². The van der Waals surface area contributed by atoms with Crippen LogP contribution in [0, 0.1) is 0 Å². The lowest BCUT2D eigenvalue weighted by Crippen LogP contribution is -2.46. The Morgan fingerprint density at radius 1 is 1.32 bits per heavy atom. The van der Waals surface area contributed by atoms with Crippen molar-refractivity contribution in [2.45, 2.75) is 31.2 Å². The largest absolute Gasteiger partial charge is 0.497 e. The van der Waals surface area contributed by atoms with E-state index >= 15 is 0 Å². The standard InChI is InChI=1S/C14H20N2O2.ClH/c1-18-12-6-4-11(5-7-12)14(8-2-3-9-14)16-13(17)10-15;/h4-7H,2-3,8-10,15H2,1H3,(H,16,17);1H. The number of rotatable bonds is 4. The van der Waals surface area contributed by atoms with Gasteiger partial charge in [0.15, 0.2) is 0 Å². The molecule has 1 amide bonds. The average Bonchev–Trinajstić information content (AvgIpc) is 2.88. The minimum atomic E-state index is -0.233. The summed E-state index contributed by atoms with van der Waals surface area (Å²) in [7, 11) is 1.65. The van der Waals surface area contributed by atoms with Crippen molar-refractivity contribution in [2.75, 3.05) is 13.7 Å². The molecule has 0 heterocycles. The summed E-state index contributed by atoms with van der Waals surface area (Å²) in [4.78, 5) is 11.6. The molecule has 1 fully saturated rings. The van der Waals surface area contributed by atoms with Gasteiger partial charge in [-0.15, -0.1) is 12.4 Å². The number of nitrogens with one attached hydrogen (secondary N) is 1. The molecule has 0 aliphatic heterocycles. The summed E-state index contributed by atoms with van der Waals surface area (Å²) in [5, 5.41) is 3.09. The molecular formula is C14H21ClN2O2. The summed E-state index contributed by atoms with van der Waals surface area (Å²) in [6.45, 7) is 0.0396. The molecule has 4 nitrogen and oxygen atoms in total. The molecule has 0 atom stereocenters. The van der Waals surface area contributed by atoms with Crippen LogP contribution in [0.1, 0.15) is 31.2 Å². The van der Waals surface area contributed by atoms with Crippen molar-refractivity contribution in [3.05, 3.63) is 29.8 Å². The van der Waals surface area contributed by atoms with Crippen molar-refractivity contribution in [2.24, 2.45) is 5.73 Å². The van der Waals surface area contributed by atoms with Crippen LogP contribution >= 0.6 is 12.4 Å².